The first-order valence-corrected chi connectivity index (χ1v) is 13.8. The Morgan fingerprint density at radius 3 is 2.51 bits per heavy atom. The van der Waals surface area contributed by atoms with E-state index in [2.05, 4.69) is 30.2 Å². The molecule has 6 aromatic rings. The Morgan fingerprint density at radius 2 is 1.77 bits per heavy atom. The number of piperazine rings is 1. The average Bonchev–Trinajstić information content (AvgIpc) is 3.77. The van der Waals surface area contributed by atoms with Crippen molar-refractivity contribution in [2.75, 3.05) is 36.4 Å². The van der Waals surface area contributed by atoms with Crippen LogP contribution in [-0.2, 0) is 13.6 Å². The number of hydrogen-bond acceptors (Lipinski definition) is 9. The smallest absolute Gasteiger partial charge is 0.256 e. The number of aromatic nitrogens is 7. The van der Waals surface area contributed by atoms with E-state index in [1.807, 2.05) is 29.9 Å². The summed E-state index contributed by atoms with van der Waals surface area (Å²) in [7, 11) is 1.91. The van der Waals surface area contributed by atoms with Crippen LogP contribution in [-0.4, -0.2) is 71.5 Å². The van der Waals surface area contributed by atoms with Crippen LogP contribution in [0.1, 0.15) is 16.1 Å². The lowest BCUT2D eigenvalue weighted by Gasteiger charge is -2.36. The number of benzene rings is 1. The zero-order valence-electron chi connectivity index (χ0n) is 23.3. The highest BCUT2D eigenvalue weighted by Gasteiger charge is 2.28. The summed E-state index contributed by atoms with van der Waals surface area (Å²) < 4.78 is 22.3. The van der Waals surface area contributed by atoms with E-state index in [1.54, 1.807) is 53.6 Å². The van der Waals surface area contributed by atoms with Gasteiger partial charge >= 0.3 is 0 Å². The molecule has 13 heteroatoms. The molecule has 1 aromatic carbocycles. The third kappa shape index (κ3) is 5.33. The molecule has 1 N–H and O–H groups in total. The lowest BCUT2D eigenvalue weighted by atomic mass is 10.0. The minimum atomic E-state index is -0.316. The second-order valence-corrected chi connectivity index (χ2v) is 10.3. The van der Waals surface area contributed by atoms with Crippen molar-refractivity contribution in [3.63, 3.8) is 0 Å². The van der Waals surface area contributed by atoms with Crippen LogP contribution in [0.15, 0.2) is 84.0 Å². The first kappa shape index (κ1) is 26.5. The zero-order chi connectivity index (χ0) is 29.3. The Morgan fingerprint density at radius 1 is 0.977 bits per heavy atom. The van der Waals surface area contributed by atoms with Gasteiger partial charge in [-0.1, -0.05) is 5.16 Å². The van der Waals surface area contributed by atoms with Crippen LogP contribution >= 0.6 is 0 Å². The fraction of sp³-hybridized carbons (Fsp3) is 0.200. The number of hydrogen-bond donors (Lipinski definition) is 1. The van der Waals surface area contributed by atoms with Crippen LogP contribution in [0.25, 0.3) is 28.2 Å². The van der Waals surface area contributed by atoms with E-state index in [0.29, 0.717) is 28.4 Å². The lowest BCUT2D eigenvalue weighted by Crippen LogP contribution is -2.46. The minimum absolute atomic E-state index is 0.290. The summed E-state index contributed by atoms with van der Waals surface area (Å²) in [6.45, 7) is 3.93. The Bertz CT molecular complexity index is 1880. The van der Waals surface area contributed by atoms with Crippen molar-refractivity contribution in [2.45, 2.75) is 6.54 Å². The summed E-state index contributed by atoms with van der Waals surface area (Å²) >= 11 is 0. The van der Waals surface area contributed by atoms with E-state index in [1.165, 1.54) is 12.1 Å². The Balaban J connectivity index is 1.23. The predicted octanol–water partition coefficient (Wildman–Crippen LogP) is 3.89. The highest BCUT2D eigenvalue weighted by molar-refractivity contribution is 6.03. The molecule has 0 bridgehead atoms. The molecule has 12 nitrogen and oxygen atoms in total. The molecular formula is C30H27FN10O2. The van der Waals surface area contributed by atoms with Crippen molar-refractivity contribution in [2.24, 2.45) is 7.05 Å². The van der Waals surface area contributed by atoms with Gasteiger partial charge < -0.3 is 14.7 Å². The molecule has 0 aliphatic carbocycles. The third-order valence-electron chi connectivity index (χ3n) is 7.44. The molecule has 1 amide bonds. The van der Waals surface area contributed by atoms with Crippen LogP contribution in [0, 0.1) is 5.82 Å². The van der Waals surface area contributed by atoms with Crippen molar-refractivity contribution < 1.29 is 13.7 Å². The summed E-state index contributed by atoms with van der Waals surface area (Å²) in [5, 5.41) is 16.6. The number of nitrogens with zero attached hydrogens (tertiary/aromatic N) is 9. The highest BCUT2D eigenvalue weighted by Crippen LogP contribution is 2.39. The molecule has 6 heterocycles. The monoisotopic (exact) mass is 578 g/mol. The summed E-state index contributed by atoms with van der Waals surface area (Å²) in [5.74, 6) is 0.685. The number of halogens is 1. The van der Waals surface area contributed by atoms with E-state index in [-0.39, 0.29) is 11.7 Å². The molecule has 1 fully saturated rings. The number of imidazole rings is 1. The predicted molar refractivity (Wildman–Crippen MR) is 157 cm³/mol. The molecule has 0 spiro atoms. The molecule has 0 radical (unpaired) electrons. The summed E-state index contributed by atoms with van der Waals surface area (Å²) in [6.07, 6.45) is 6.39. The fourth-order valence-corrected chi connectivity index (χ4v) is 5.36. The zero-order valence-corrected chi connectivity index (χ0v) is 23.3. The number of carbonyl (C=O) groups excluding carboxylic acids is 1. The van der Waals surface area contributed by atoms with E-state index in [0.717, 1.165) is 55.4 Å². The Kier molecular flexibility index (Phi) is 6.83. The molecule has 1 aliphatic heterocycles. The standard InChI is InChI=1S/C30H27FN10O2/c1-38-30(40-15-13-39(14-16-40)18-23-10-17-43-37-23)27(28(36-38)20-2-4-22(31)5-3-20)24-6-7-26-33-25(19-41(26)35-24)34-29(42)21-8-11-32-12-9-21/h2-12,17,19H,13-16,18H2,1H3,(H,34,42). The van der Waals surface area contributed by atoms with Gasteiger partial charge in [0.2, 0.25) is 0 Å². The van der Waals surface area contributed by atoms with Gasteiger partial charge in [0.25, 0.3) is 5.91 Å². The van der Waals surface area contributed by atoms with Gasteiger partial charge in [-0.3, -0.25) is 19.4 Å². The second kappa shape index (κ2) is 11.1. The largest absolute Gasteiger partial charge is 0.364 e. The number of fused-ring (bicyclic) bond motifs is 1. The molecule has 7 rings (SSSR count). The van der Waals surface area contributed by atoms with Gasteiger partial charge in [0.15, 0.2) is 11.5 Å². The number of carbonyl (C=O) groups is 1. The molecule has 5 aromatic heterocycles. The van der Waals surface area contributed by atoms with Gasteiger partial charge in [0.1, 0.15) is 23.6 Å². The molecule has 216 valence electrons. The number of rotatable bonds is 7. The van der Waals surface area contributed by atoms with Gasteiger partial charge in [0.05, 0.1) is 23.1 Å². The first-order valence-electron chi connectivity index (χ1n) is 13.8. The van der Waals surface area contributed by atoms with E-state index in [4.69, 9.17) is 14.7 Å². The quantitative estimate of drug-likeness (QED) is 0.301. The summed E-state index contributed by atoms with van der Waals surface area (Å²) in [4.78, 5) is 25.8. The van der Waals surface area contributed by atoms with Gasteiger partial charge in [-0.15, -0.1) is 0 Å². The van der Waals surface area contributed by atoms with Crippen molar-refractivity contribution in [1.82, 2.24) is 39.4 Å². The minimum Gasteiger partial charge on any atom is -0.364 e. The maximum atomic E-state index is 13.8. The third-order valence-corrected chi connectivity index (χ3v) is 7.44. The van der Waals surface area contributed by atoms with E-state index < -0.39 is 0 Å². The first-order chi connectivity index (χ1) is 21.0. The summed E-state index contributed by atoms with van der Waals surface area (Å²) in [5.41, 5.74) is 4.93. The molecular weight excluding hydrogens is 551 g/mol. The van der Waals surface area contributed by atoms with Crippen molar-refractivity contribution in [1.29, 1.82) is 0 Å². The van der Waals surface area contributed by atoms with Crippen molar-refractivity contribution in [3.8, 4) is 22.5 Å². The number of pyridine rings is 1. The normalized spacial score (nSPS) is 14.0. The molecule has 43 heavy (non-hydrogen) atoms. The molecule has 0 unspecified atom stereocenters. The summed E-state index contributed by atoms with van der Waals surface area (Å²) in [6, 6.07) is 15.2. The average molecular weight is 579 g/mol. The van der Waals surface area contributed by atoms with Crippen LogP contribution < -0.4 is 10.2 Å². The Labute approximate surface area is 245 Å². The van der Waals surface area contributed by atoms with Crippen LogP contribution in [0.2, 0.25) is 0 Å². The number of nitrogens with one attached hydrogen (secondary N) is 1. The number of anilines is 2. The number of aryl methyl sites for hydroxylation is 1. The van der Waals surface area contributed by atoms with E-state index >= 15 is 0 Å². The maximum absolute atomic E-state index is 13.8. The number of amides is 1. The van der Waals surface area contributed by atoms with Crippen molar-refractivity contribution in [3.05, 3.63) is 96.5 Å². The van der Waals surface area contributed by atoms with Crippen LogP contribution in [0.4, 0.5) is 16.0 Å². The van der Waals surface area contributed by atoms with Crippen LogP contribution in [0.5, 0.6) is 0 Å². The van der Waals surface area contributed by atoms with Gasteiger partial charge in [-0.2, -0.15) is 10.2 Å². The molecule has 1 aliphatic rings. The lowest BCUT2D eigenvalue weighted by molar-refractivity contribution is 0.102. The van der Waals surface area contributed by atoms with Crippen LogP contribution in [0.3, 0.4) is 0 Å². The van der Waals surface area contributed by atoms with Gasteiger partial charge in [-0.05, 0) is 48.5 Å². The molecule has 0 atom stereocenters. The van der Waals surface area contributed by atoms with Crippen molar-refractivity contribution >= 4 is 23.2 Å². The maximum Gasteiger partial charge on any atom is 0.256 e. The highest BCUT2D eigenvalue weighted by atomic mass is 19.1. The van der Waals surface area contributed by atoms with Gasteiger partial charge in [-0.25, -0.2) is 13.9 Å². The molecule has 1 saturated heterocycles. The topological polar surface area (TPSA) is 123 Å². The Hall–Kier alpha value is -5.43. The molecule has 0 saturated carbocycles. The SMILES string of the molecule is Cn1nc(-c2ccc(F)cc2)c(-c2ccc3nc(NC(=O)c4ccncc4)cn3n2)c1N1CCN(Cc2ccon2)CC1. The fourth-order valence-electron chi connectivity index (χ4n) is 5.36. The van der Waals surface area contributed by atoms with E-state index in [9.17, 15) is 9.18 Å². The second-order valence-electron chi connectivity index (χ2n) is 10.3. The van der Waals surface area contributed by atoms with Gasteiger partial charge in [0, 0.05) is 69.4 Å².